The zero-order valence-electron chi connectivity index (χ0n) is 9.65. The minimum absolute atomic E-state index is 0.709. The fraction of sp³-hybridized carbons (Fsp3) is 0.385. The van der Waals surface area contributed by atoms with Crippen molar-refractivity contribution in [1.29, 1.82) is 0 Å². The topological polar surface area (TPSA) is 41.8 Å². The predicted octanol–water partition coefficient (Wildman–Crippen LogP) is 2.59. The number of benzene rings is 1. The van der Waals surface area contributed by atoms with Gasteiger partial charge in [0.2, 0.25) is 0 Å². The molecular weight excluding hydrogens is 184 g/mol. The lowest BCUT2D eigenvalue weighted by Crippen LogP contribution is -2.03. The summed E-state index contributed by atoms with van der Waals surface area (Å²) in [4.78, 5) is 3.44. The lowest BCUT2D eigenvalue weighted by atomic mass is 10.0. The van der Waals surface area contributed by atoms with Gasteiger partial charge in [0.1, 0.15) is 0 Å². The van der Waals surface area contributed by atoms with E-state index in [1.807, 2.05) is 0 Å². The lowest BCUT2D eigenvalue weighted by molar-refractivity contribution is 0.962. The average molecular weight is 202 g/mol. The molecule has 1 heterocycles. The molecule has 0 aliphatic carbocycles. The van der Waals surface area contributed by atoms with Crippen molar-refractivity contribution in [2.75, 3.05) is 6.54 Å². The molecule has 0 aliphatic heterocycles. The molecule has 1 aromatic heterocycles. The van der Waals surface area contributed by atoms with Crippen molar-refractivity contribution in [3.05, 3.63) is 34.5 Å². The van der Waals surface area contributed by atoms with E-state index >= 15 is 0 Å². The van der Waals surface area contributed by atoms with Crippen LogP contribution in [0.25, 0.3) is 10.9 Å². The van der Waals surface area contributed by atoms with Crippen LogP contribution in [0.5, 0.6) is 0 Å². The third kappa shape index (κ3) is 1.65. The first kappa shape index (κ1) is 10.2. The van der Waals surface area contributed by atoms with Gasteiger partial charge in [0.05, 0.1) is 0 Å². The first-order valence-corrected chi connectivity index (χ1v) is 5.42. The summed E-state index contributed by atoms with van der Waals surface area (Å²) in [6, 6.07) is 4.44. The molecule has 3 N–H and O–H groups in total. The van der Waals surface area contributed by atoms with Gasteiger partial charge in [-0.05, 0) is 56.5 Å². The molecule has 0 aliphatic rings. The molecule has 1 aromatic carbocycles. The highest BCUT2D eigenvalue weighted by molar-refractivity contribution is 5.88. The molecule has 2 rings (SSSR count). The highest BCUT2D eigenvalue weighted by Gasteiger charge is 2.09. The van der Waals surface area contributed by atoms with Crippen LogP contribution in [0.1, 0.15) is 22.4 Å². The van der Waals surface area contributed by atoms with Crippen molar-refractivity contribution in [2.24, 2.45) is 5.73 Å². The van der Waals surface area contributed by atoms with Crippen molar-refractivity contribution in [3.8, 4) is 0 Å². The Hall–Kier alpha value is -1.28. The summed E-state index contributed by atoms with van der Waals surface area (Å²) in [7, 11) is 0. The maximum absolute atomic E-state index is 5.65. The fourth-order valence-electron chi connectivity index (χ4n) is 2.39. The molecular formula is C13H18N2. The number of aryl methyl sites for hydroxylation is 3. The van der Waals surface area contributed by atoms with E-state index in [0.29, 0.717) is 6.54 Å². The van der Waals surface area contributed by atoms with E-state index in [1.54, 1.807) is 0 Å². The van der Waals surface area contributed by atoms with E-state index < -0.39 is 0 Å². The number of hydrogen-bond acceptors (Lipinski definition) is 1. The fourth-order valence-corrected chi connectivity index (χ4v) is 2.39. The molecule has 0 fully saturated rings. The van der Waals surface area contributed by atoms with E-state index in [2.05, 4.69) is 37.9 Å². The Morgan fingerprint density at radius 3 is 2.60 bits per heavy atom. The molecule has 0 spiro atoms. The molecule has 0 atom stereocenters. The largest absolute Gasteiger partial charge is 0.358 e. The number of nitrogens with one attached hydrogen (secondary N) is 1. The molecule has 2 nitrogen and oxygen atoms in total. The van der Waals surface area contributed by atoms with Crippen LogP contribution in [0.2, 0.25) is 0 Å². The summed E-state index contributed by atoms with van der Waals surface area (Å²) in [5.74, 6) is 0. The van der Waals surface area contributed by atoms with Gasteiger partial charge in [0.15, 0.2) is 0 Å². The second-order valence-corrected chi connectivity index (χ2v) is 4.27. The second kappa shape index (κ2) is 3.70. The van der Waals surface area contributed by atoms with Gasteiger partial charge in [0.25, 0.3) is 0 Å². The van der Waals surface area contributed by atoms with E-state index in [0.717, 1.165) is 6.42 Å². The Labute approximate surface area is 90.5 Å². The summed E-state index contributed by atoms with van der Waals surface area (Å²) in [6.45, 7) is 7.13. The van der Waals surface area contributed by atoms with Crippen LogP contribution in [0.3, 0.4) is 0 Å². The SMILES string of the molecule is Cc1cc(C)c2c(CCN)c(C)[nH]c2c1. The maximum atomic E-state index is 5.65. The Kier molecular flexibility index (Phi) is 2.53. The minimum atomic E-state index is 0.709. The van der Waals surface area contributed by atoms with E-state index in [-0.39, 0.29) is 0 Å². The summed E-state index contributed by atoms with van der Waals surface area (Å²) < 4.78 is 0. The van der Waals surface area contributed by atoms with Crippen LogP contribution >= 0.6 is 0 Å². The van der Waals surface area contributed by atoms with Crippen LogP contribution in [-0.4, -0.2) is 11.5 Å². The first-order chi connectivity index (χ1) is 7.13. The van der Waals surface area contributed by atoms with Crippen LogP contribution in [0.15, 0.2) is 12.1 Å². The van der Waals surface area contributed by atoms with Gasteiger partial charge in [-0.2, -0.15) is 0 Å². The van der Waals surface area contributed by atoms with Crippen LogP contribution in [-0.2, 0) is 6.42 Å². The standard InChI is InChI=1S/C13H18N2/c1-8-6-9(2)13-11(4-5-14)10(3)15-12(13)7-8/h6-7,15H,4-5,14H2,1-3H3. The lowest BCUT2D eigenvalue weighted by Gasteiger charge is -2.03. The van der Waals surface area contributed by atoms with E-state index in [9.17, 15) is 0 Å². The molecule has 0 bridgehead atoms. The molecule has 2 heteroatoms. The molecule has 0 saturated heterocycles. The number of fused-ring (bicyclic) bond motifs is 1. The quantitative estimate of drug-likeness (QED) is 0.772. The average Bonchev–Trinajstić information content (AvgIpc) is 2.43. The highest BCUT2D eigenvalue weighted by Crippen LogP contribution is 2.26. The van der Waals surface area contributed by atoms with E-state index in [1.165, 1.54) is 33.3 Å². The molecule has 0 unspecified atom stereocenters. The van der Waals surface area contributed by atoms with Gasteiger partial charge in [-0.15, -0.1) is 0 Å². The molecule has 0 radical (unpaired) electrons. The monoisotopic (exact) mass is 202 g/mol. The van der Waals surface area contributed by atoms with Gasteiger partial charge in [0, 0.05) is 16.6 Å². The van der Waals surface area contributed by atoms with Gasteiger partial charge in [-0.1, -0.05) is 6.07 Å². The summed E-state index contributed by atoms with van der Waals surface area (Å²) in [6.07, 6.45) is 0.954. The Morgan fingerprint density at radius 1 is 1.20 bits per heavy atom. The second-order valence-electron chi connectivity index (χ2n) is 4.27. The molecule has 0 saturated carbocycles. The summed E-state index contributed by atoms with van der Waals surface area (Å²) in [5, 5.41) is 1.36. The smallest absolute Gasteiger partial charge is 0.0464 e. The Morgan fingerprint density at radius 2 is 1.93 bits per heavy atom. The zero-order chi connectivity index (χ0) is 11.0. The zero-order valence-corrected chi connectivity index (χ0v) is 9.65. The van der Waals surface area contributed by atoms with Crippen LogP contribution < -0.4 is 5.73 Å². The van der Waals surface area contributed by atoms with Crippen LogP contribution in [0.4, 0.5) is 0 Å². The third-order valence-electron chi connectivity index (χ3n) is 2.95. The van der Waals surface area contributed by atoms with Gasteiger partial charge < -0.3 is 10.7 Å². The number of aromatic nitrogens is 1. The van der Waals surface area contributed by atoms with Gasteiger partial charge >= 0.3 is 0 Å². The number of rotatable bonds is 2. The van der Waals surface area contributed by atoms with Gasteiger partial charge in [-0.25, -0.2) is 0 Å². The number of aromatic amines is 1. The maximum Gasteiger partial charge on any atom is 0.0464 e. The summed E-state index contributed by atoms with van der Waals surface area (Å²) >= 11 is 0. The minimum Gasteiger partial charge on any atom is -0.358 e. The number of nitrogens with two attached hydrogens (primary N) is 1. The highest BCUT2D eigenvalue weighted by atomic mass is 14.7. The number of hydrogen-bond donors (Lipinski definition) is 2. The Bertz CT molecular complexity index is 495. The van der Waals surface area contributed by atoms with Crippen LogP contribution in [0, 0.1) is 20.8 Å². The van der Waals surface area contributed by atoms with Crippen molar-refractivity contribution in [2.45, 2.75) is 27.2 Å². The van der Waals surface area contributed by atoms with Crippen molar-refractivity contribution in [1.82, 2.24) is 4.98 Å². The molecule has 0 amide bonds. The van der Waals surface area contributed by atoms with E-state index in [4.69, 9.17) is 5.73 Å². The first-order valence-electron chi connectivity index (χ1n) is 5.42. The van der Waals surface area contributed by atoms with Crippen molar-refractivity contribution in [3.63, 3.8) is 0 Å². The molecule has 80 valence electrons. The predicted molar refractivity (Wildman–Crippen MR) is 65.3 cm³/mol. The molecule has 2 aromatic rings. The van der Waals surface area contributed by atoms with Crippen molar-refractivity contribution >= 4 is 10.9 Å². The molecule has 15 heavy (non-hydrogen) atoms. The summed E-state index contributed by atoms with van der Waals surface area (Å²) in [5.41, 5.74) is 12.2. The third-order valence-corrected chi connectivity index (χ3v) is 2.95. The Balaban J connectivity index is 2.75. The van der Waals surface area contributed by atoms with Crippen molar-refractivity contribution < 1.29 is 0 Å². The normalized spacial score (nSPS) is 11.2. The van der Waals surface area contributed by atoms with Gasteiger partial charge in [-0.3, -0.25) is 0 Å². The number of H-pyrrole nitrogens is 1.